The second-order valence-corrected chi connectivity index (χ2v) is 12.0. The van der Waals surface area contributed by atoms with Crippen molar-refractivity contribution in [2.45, 2.75) is 31.9 Å². The van der Waals surface area contributed by atoms with Gasteiger partial charge in [-0.05, 0) is 37.8 Å². The largest absolute Gasteiger partial charge is 0.492 e. The molecule has 2 atom stereocenters. The van der Waals surface area contributed by atoms with Crippen LogP contribution in [0.2, 0.25) is 0 Å². The normalized spacial score (nSPS) is 14.3. The molecule has 0 amide bonds. The van der Waals surface area contributed by atoms with Crippen molar-refractivity contribution in [2.75, 3.05) is 45.4 Å². The number of ether oxygens (including phenoxy) is 4. The van der Waals surface area contributed by atoms with Gasteiger partial charge in [0.25, 0.3) is 31.6 Å². The molecule has 0 bridgehead atoms. The predicted molar refractivity (Wildman–Crippen MR) is 145 cm³/mol. The standard InChI is InChI=1S/C25H30N4O10S2/c1-18(17-40(30,31)32)5-7-36-9-11-38-24-13-21(23(16-27)29-4)25(14-20(24)22(15-26)28-3)39-12-10-37-8-6-19(2)41(33,34)35/h13-14,18-19H,5-12,17H2,1-2H3,(H,30,31,32)(H,33,34,35)/b22-20+,23-21-. The number of hydrogen-bond donors (Lipinski definition) is 2. The van der Waals surface area contributed by atoms with Gasteiger partial charge in [-0.1, -0.05) is 6.92 Å². The minimum absolute atomic E-state index is 0.00952. The van der Waals surface area contributed by atoms with E-state index in [9.17, 15) is 27.4 Å². The number of hydrogen-bond acceptors (Lipinski definition) is 10. The lowest BCUT2D eigenvalue weighted by Gasteiger charge is -2.13. The molecule has 1 rings (SSSR count). The minimum atomic E-state index is -4.18. The van der Waals surface area contributed by atoms with Crippen LogP contribution in [-0.2, 0) is 29.7 Å². The summed E-state index contributed by atoms with van der Waals surface area (Å²) in [6.07, 6.45) is 0.406. The topological polar surface area (TPSA) is 202 Å². The number of benzene rings is 1. The molecule has 41 heavy (non-hydrogen) atoms. The Bertz CT molecular complexity index is 1530. The number of nitrogens with zero attached hydrogens (tertiary/aromatic N) is 4. The van der Waals surface area contributed by atoms with E-state index < -0.39 is 31.2 Å². The third kappa shape index (κ3) is 13.0. The zero-order chi connectivity index (χ0) is 31.1. The van der Waals surface area contributed by atoms with Gasteiger partial charge < -0.3 is 18.9 Å². The lowest BCUT2D eigenvalue weighted by atomic mass is 10.1. The van der Waals surface area contributed by atoms with Gasteiger partial charge in [0.05, 0.1) is 49.5 Å². The zero-order valence-electron chi connectivity index (χ0n) is 22.4. The summed E-state index contributed by atoms with van der Waals surface area (Å²) in [7, 11) is -8.26. The molecule has 0 aliphatic carbocycles. The molecular formula is C25H30N4O10S2. The first-order valence-corrected chi connectivity index (χ1v) is 15.2. The second-order valence-electron chi connectivity index (χ2n) is 8.67. The highest BCUT2D eigenvalue weighted by atomic mass is 32.2. The fourth-order valence-corrected chi connectivity index (χ4v) is 4.49. The van der Waals surface area contributed by atoms with Gasteiger partial charge in [-0.3, -0.25) is 9.11 Å². The molecule has 0 saturated carbocycles. The van der Waals surface area contributed by atoms with Crippen molar-refractivity contribution in [3.8, 4) is 23.6 Å². The van der Waals surface area contributed by atoms with E-state index in [0.29, 0.717) is 6.42 Å². The van der Waals surface area contributed by atoms with Gasteiger partial charge in [0.1, 0.15) is 24.7 Å². The van der Waals surface area contributed by atoms with Crippen molar-refractivity contribution in [1.29, 1.82) is 10.5 Å². The molecule has 1 aromatic carbocycles. The van der Waals surface area contributed by atoms with Crippen LogP contribution in [0.5, 0.6) is 11.5 Å². The average molecular weight is 611 g/mol. The van der Waals surface area contributed by atoms with Crippen molar-refractivity contribution in [3.05, 3.63) is 45.4 Å². The Balaban J connectivity index is 3.06. The summed E-state index contributed by atoms with van der Waals surface area (Å²) in [5.74, 6) is -0.696. The van der Waals surface area contributed by atoms with Gasteiger partial charge in [0.2, 0.25) is 0 Å². The van der Waals surface area contributed by atoms with Crippen molar-refractivity contribution >= 4 is 31.6 Å². The molecule has 0 aromatic heterocycles. The van der Waals surface area contributed by atoms with Gasteiger partial charge >= 0.3 is 0 Å². The van der Waals surface area contributed by atoms with E-state index in [0.717, 1.165) is 0 Å². The van der Waals surface area contributed by atoms with Crippen LogP contribution >= 0.6 is 0 Å². The van der Waals surface area contributed by atoms with Gasteiger partial charge in [-0.25, -0.2) is 20.2 Å². The Labute approximate surface area is 239 Å². The third-order valence-electron chi connectivity index (χ3n) is 5.43. The Kier molecular flexibility index (Phi) is 14.8. The summed E-state index contributed by atoms with van der Waals surface area (Å²) in [5.41, 5.74) is -0.683. The Hall–Kier alpha value is -3.74. The van der Waals surface area contributed by atoms with Crippen LogP contribution in [0, 0.1) is 41.7 Å². The van der Waals surface area contributed by atoms with E-state index in [1.54, 1.807) is 19.1 Å². The monoisotopic (exact) mass is 610 g/mol. The molecular weight excluding hydrogens is 580 g/mol. The van der Waals surface area contributed by atoms with E-state index in [2.05, 4.69) is 9.69 Å². The lowest BCUT2D eigenvalue weighted by molar-refractivity contribution is 0.0920. The molecule has 0 aliphatic rings. The number of rotatable bonds is 17. The molecule has 0 radical (unpaired) electrons. The summed E-state index contributed by atoms with van der Waals surface area (Å²) in [5, 5.41) is 18.0. The molecule has 16 heteroatoms. The summed E-state index contributed by atoms with van der Waals surface area (Å²) >= 11 is 0. The molecule has 2 N–H and O–H groups in total. The highest BCUT2D eigenvalue weighted by molar-refractivity contribution is 7.86. The van der Waals surface area contributed by atoms with Crippen LogP contribution in [0.25, 0.3) is 21.1 Å². The zero-order valence-corrected chi connectivity index (χ0v) is 24.1. The van der Waals surface area contributed by atoms with Crippen LogP contribution in [-0.4, -0.2) is 76.6 Å². The summed E-state index contributed by atoms with van der Waals surface area (Å²) in [6.45, 7) is 17.7. The highest BCUT2D eigenvalue weighted by Crippen LogP contribution is 2.13. The highest BCUT2D eigenvalue weighted by Gasteiger charge is 2.17. The van der Waals surface area contributed by atoms with Crippen molar-refractivity contribution in [3.63, 3.8) is 0 Å². The molecule has 1 aromatic rings. The Morgan fingerprint density at radius 2 is 1.27 bits per heavy atom. The second kappa shape index (κ2) is 17.2. The average Bonchev–Trinajstić information content (AvgIpc) is 2.89. The van der Waals surface area contributed by atoms with Gasteiger partial charge in [-0.2, -0.15) is 16.8 Å². The van der Waals surface area contributed by atoms with Crippen LogP contribution < -0.4 is 19.9 Å². The molecule has 0 heterocycles. The maximum absolute atomic E-state index is 11.1. The van der Waals surface area contributed by atoms with Crippen molar-refractivity contribution in [2.24, 2.45) is 5.92 Å². The smallest absolute Gasteiger partial charge is 0.272 e. The number of nitriles is 2. The van der Waals surface area contributed by atoms with Crippen LogP contribution in [0.3, 0.4) is 0 Å². The van der Waals surface area contributed by atoms with Gasteiger partial charge in [0.15, 0.2) is 0 Å². The van der Waals surface area contributed by atoms with E-state index in [1.165, 1.54) is 19.1 Å². The van der Waals surface area contributed by atoms with Crippen molar-refractivity contribution in [1.82, 2.24) is 0 Å². The SMILES string of the molecule is [C-]#[N+]/C(C#N)=c1/cc(OCCOCCC(C)CS(=O)(=O)O)/c(=C(\C#N)[N+]#[C-])cc1OCCOCCC(C)S(=O)(=O)O. The van der Waals surface area contributed by atoms with E-state index in [-0.39, 0.29) is 85.3 Å². The first-order valence-electron chi connectivity index (χ1n) is 12.1. The fraction of sp³-hybridized carbons (Fsp3) is 0.520. The molecule has 0 aliphatic heterocycles. The van der Waals surface area contributed by atoms with E-state index >= 15 is 0 Å². The van der Waals surface area contributed by atoms with Crippen LogP contribution in [0.15, 0.2) is 12.1 Å². The maximum Gasteiger partial charge on any atom is 0.272 e. The summed E-state index contributed by atoms with van der Waals surface area (Å²) in [6, 6.07) is 6.11. The first-order chi connectivity index (χ1) is 19.3. The van der Waals surface area contributed by atoms with Gasteiger partial charge in [-0.15, -0.1) is 0 Å². The Morgan fingerprint density at radius 3 is 1.63 bits per heavy atom. The minimum Gasteiger partial charge on any atom is -0.492 e. The molecule has 222 valence electrons. The van der Waals surface area contributed by atoms with Crippen LogP contribution in [0.1, 0.15) is 26.7 Å². The lowest BCUT2D eigenvalue weighted by Crippen LogP contribution is -2.23. The quantitative estimate of drug-likeness (QED) is 0.145. The van der Waals surface area contributed by atoms with E-state index in [1.807, 2.05) is 0 Å². The summed E-state index contributed by atoms with van der Waals surface area (Å²) < 4.78 is 84.0. The third-order valence-corrected chi connectivity index (χ3v) is 7.67. The molecule has 14 nitrogen and oxygen atoms in total. The van der Waals surface area contributed by atoms with Crippen LogP contribution in [0.4, 0.5) is 0 Å². The molecule has 0 fully saturated rings. The fourth-order valence-electron chi connectivity index (χ4n) is 3.21. The first kappa shape index (κ1) is 35.3. The maximum atomic E-state index is 11.1. The van der Waals surface area contributed by atoms with E-state index in [4.69, 9.17) is 41.2 Å². The Morgan fingerprint density at radius 1 is 0.829 bits per heavy atom. The molecule has 2 unspecified atom stereocenters. The summed E-state index contributed by atoms with van der Waals surface area (Å²) in [4.78, 5) is 6.40. The van der Waals surface area contributed by atoms with Crippen molar-refractivity contribution < 1.29 is 44.9 Å². The molecule has 0 spiro atoms. The van der Waals surface area contributed by atoms with Gasteiger partial charge in [0, 0.05) is 23.7 Å². The predicted octanol–water partition coefficient (Wildman–Crippen LogP) is 1.16. The molecule has 0 saturated heterocycles.